The maximum atomic E-state index is 9.82. The van der Waals surface area contributed by atoms with Gasteiger partial charge in [-0.1, -0.05) is 30.3 Å². The van der Waals surface area contributed by atoms with Gasteiger partial charge in [-0.15, -0.1) is 0 Å². The van der Waals surface area contributed by atoms with Crippen LogP contribution in [-0.2, 0) is 0 Å². The van der Waals surface area contributed by atoms with Crippen molar-refractivity contribution in [3.8, 4) is 0 Å². The molecule has 0 bridgehead atoms. The Morgan fingerprint density at radius 1 is 1.19 bits per heavy atom. The molecule has 0 saturated heterocycles. The van der Waals surface area contributed by atoms with Crippen molar-refractivity contribution < 1.29 is 5.11 Å². The fourth-order valence-corrected chi connectivity index (χ4v) is 2.78. The molecular formula is C15H20O. The summed E-state index contributed by atoms with van der Waals surface area (Å²) in [5.74, 6) is 2.28. The molecule has 0 heterocycles. The van der Waals surface area contributed by atoms with Gasteiger partial charge in [0.25, 0.3) is 0 Å². The Balaban J connectivity index is 1.45. The van der Waals surface area contributed by atoms with Crippen LogP contribution in [0.3, 0.4) is 0 Å². The van der Waals surface area contributed by atoms with Crippen molar-refractivity contribution in [1.29, 1.82) is 0 Å². The van der Waals surface area contributed by atoms with Crippen molar-refractivity contribution in [2.45, 2.75) is 44.1 Å². The van der Waals surface area contributed by atoms with Gasteiger partial charge < -0.3 is 5.11 Å². The van der Waals surface area contributed by atoms with Crippen LogP contribution in [-0.4, -0.2) is 11.2 Å². The van der Waals surface area contributed by atoms with Crippen LogP contribution in [0.15, 0.2) is 30.3 Å². The van der Waals surface area contributed by atoms with E-state index in [1.54, 1.807) is 0 Å². The summed E-state index contributed by atoms with van der Waals surface area (Å²) in [6.45, 7) is 0. The SMILES string of the molecule is OC(CCC1CC1c1ccccc1)C1CC1. The van der Waals surface area contributed by atoms with Crippen LogP contribution in [0.1, 0.15) is 43.6 Å². The average molecular weight is 216 g/mol. The number of hydrogen-bond donors (Lipinski definition) is 1. The molecular weight excluding hydrogens is 196 g/mol. The second kappa shape index (κ2) is 4.21. The molecule has 3 unspecified atom stereocenters. The van der Waals surface area contributed by atoms with E-state index < -0.39 is 0 Å². The summed E-state index contributed by atoms with van der Waals surface area (Å²) in [5, 5.41) is 9.82. The van der Waals surface area contributed by atoms with Crippen LogP contribution in [0.4, 0.5) is 0 Å². The van der Waals surface area contributed by atoms with Gasteiger partial charge >= 0.3 is 0 Å². The highest BCUT2D eigenvalue weighted by molar-refractivity contribution is 5.25. The van der Waals surface area contributed by atoms with Crippen molar-refractivity contribution in [2.75, 3.05) is 0 Å². The standard InChI is InChI=1S/C15H20O/c16-15(12-6-7-12)9-8-13-10-14(13)11-4-2-1-3-5-11/h1-5,12-16H,6-10H2. The summed E-state index contributed by atoms with van der Waals surface area (Å²) in [6, 6.07) is 10.8. The van der Waals surface area contributed by atoms with E-state index >= 15 is 0 Å². The van der Waals surface area contributed by atoms with Crippen LogP contribution >= 0.6 is 0 Å². The molecule has 0 radical (unpaired) electrons. The monoisotopic (exact) mass is 216 g/mol. The quantitative estimate of drug-likeness (QED) is 0.800. The van der Waals surface area contributed by atoms with Crippen molar-refractivity contribution in [2.24, 2.45) is 11.8 Å². The Labute approximate surface area is 97.5 Å². The van der Waals surface area contributed by atoms with Crippen molar-refractivity contribution in [3.63, 3.8) is 0 Å². The second-order valence-electron chi connectivity index (χ2n) is 5.50. The Hall–Kier alpha value is -0.820. The molecule has 3 atom stereocenters. The van der Waals surface area contributed by atoms with Crippen LogP contribution < -0.4 is 0 Å². The van der Waals surface area contributed by atoms with E-state index in [9.17, 15) is 5.11 Å². The zero-order valence-electron chi connectivity index (χ0n) is 9.68. The fourth-order valence-electron chi connectivity index (χ4n) is 2.78. The van der Waals surface area contributed by atoms with E-state index in [-0.39, 0.29) is 6.10 Å². The molecule has 3 rings (SSSR count). The first kappa shape index (κ1) is 10.3. The summed E-state index contributed by atoms with van der Waals surface area (Å²) in [5.41, 5.74) is 1.49. The number of rotatable bonds is 5. The molecule has 1 nitrogen and oxygen atoms in total. The van der Waals surface area contributed by atoms with Gasteiger partial charge in [-0.3, -0.25) is 0 Å². The third-order valence-electron chi connectivity index (χ3n) is 4.15. The molecule has 0 aliphatic heterocycles. The smallest absolute Gasteiger partial charge is 0.0568 e. The maximum Gasteiger partial charge on any atom is 0.0568 e. The minimum absolute atomic E-state index is 0.00276. The van der Waals surface area contributed by atoms with E-state index in [4.69, 9.17) is 0 Å². The normalized spacial score (nSPS) is 30.1. The van der Waals surface area contributed by atoms with Crippen molar-refractivity contribution in [3.05, 3.63) is 35.9 Å². The summed E-state index contributed by atoms with van der Waals surface area (Å²) in [6.07, 6.45) is 6.09. The van der Waals surface area contributed by atoms with Gasteiger partial charge in [0.2, 0.25) is 0 Å². The number of benzene rings is 1. The molecule has 2 aliphatic carbocycles. The van der Waals surface area contributed by atoms with Gasteiger partial charge in [0.15, 0.2) is 0 Å². The van der Waals surface area contributed by atoms with Crippen molar-refractivity contribution >= 4 is 0 Å². The predicted octanol–water partition coefficient (Wildman–Crippen LogP) is 3.34. The Bertz CT molecular complexity index is 342. The lowest BCUT2D eigenvalue weighted by Crippen LogP contribution is -2.08. The molecule has 0 amide bonds. The summed E-state index contributed by atoms with van der Waals surface area (Å²) >= 11 is 0. The van der Waals surface area contributed by atoms with Gasteiger partial charge in [-0.25, -0.2) is 0 Å². The van der Waals surface area contributed by atoms with Crippen molar-refractivity contribution in [1.82, 2.24) is 0 Å². The largest absolute Gasteiger partial charge is 0.393 e. The first-order valence-corrected chi connectivity index (χ1v) is 6.57. The highest BCUT2D eigenvalue weighted by Crippen LogP contribution is 2.50. The van der Waals surface area contributed by atoms with Gasteiger partial charge in [0.05, 0.1) is 6.10 Å². The van der Waals surface area contributed by atoms with Gasteiger partial charge in [-0.2, -0.15) is 0 Å². The van der Waals surface area contributed by atoms with Crippen LogP contribution in [0.5, 0.6) is 0 Å². The molecule has 1 heteroatoms. The fraction of sp³-hybridized carbons (Fsp3) is 0.600. The molecule has 1 N–H and O–H groups in total. The molecule has 1 aromatic carbocycles. The average Bonchev–Trinajstić information content (AvgIpc) is 3.18. The molecule has 1 aromatic rings. The number of hydrogen-bond acceptors (Lipinski definition) is 1. The Morgan fingerprint density at radius 2 is 1.94 bits per heavy atom. The zero-order chi connectivity index (χ0) is 11.0. The van der Waals surface area contributed by atoms with E-state index in [1.807, 2.05) is 0 Å². The number of aliphatic hydroxyl groups excluding tert-OH is 1. The molecule has 2 aliphatic rings. The zero-order valence-corrected chi connectivity index (χ0v) is 9.68. The minimum Gasteiger partial charge on any atom is -0.393 e. The van der Waals surface area contributed by atoms with E-state index in [0.717, 1.165) is 18.3 Å². The molecule has 16 heavy (non-hydrogen) atoms. The topological polar surface area (TPSA) is 20.2 Å². The van der Waals surface area contributed by atoms with Gasteiger partial charge in [0, 0.05) is 0 Å². The molecule has 0 spiro atoms. The first-order valence-electron chi connectivity index (χ1n) is 6.57. The van der Waals surface area contributed by atoms with Crippen LogP contribution in [0, 0.1) is 11.8 Å². The summed E-state index contributed by atoms with van der Waals surface area (Å²) in [4.78, 5) is 0. The van der Waals surface area contributed by atoms with Gasteiger partial charge in [-0.05, 0) is 55.4 Å². The Kier molecular flexibility index (Phi) is 2.72. The van der Waals surface area contributed by atoms with E-state index in [0.29, 0.717) is 5.92 Å². The lowest BCUT2D eigenvalue weighted by molar-refractivity contribution is 0.137. The maximum absolute atomic E-state index is 9.82. The lowest BCUT2D eigenvalue weighted by atomic mass is 10.0. The minimum atomic E-state index is -0.00276. The first-order chi connectivity index (χ1) is 7.84. The molecule has 86 valence electrons. The summed E-state index contributed by atoms with van der Waals surface area (Å²) in [7, 11) is 0. The highest BCUT2D eigenvalue weighted by Gasteiger charge is 2.39. The Morgan fingerprint density at radius 3 is 2.62 bits per heavy atom. The second-order valence-corrected chi connectivity index (χ2v) is 5.50. The third-order valence-corrected chi connectivity index (χ3v) is 4.15. The number of aliphatic hydroxyl groups is 1. The van der Waals surface area contributed by atoms with Crippen LogP contribution in [0.2, 0.25) is 0 Å². The van der Waals surface area contributed by atoms with Gasteiger partial charge in [0.1, 0.15) is 0 Å². The molecule has 0 aromatic heterocycles. The molecule has 2 saturated carbocycles. The third kappa shape index (κ3) is 2.30. The molecule has 2 fully saturated rings. The summed E-state index contributed by atoms with van der Waals surface area (Å²) < 4.78 is 0. The predicted molar refractivity (Wildman–Crippen MR) is 65.3 cm³/mol. The van der Waals surface area contributed by atoms with Crippen LogP contribution in [0.25, 0.3) is 0 Å². The van der Waals surface area contributed by atoms with E-state index in [2.05, 4.69) is 30.3 Å². The highest BCUT2D eigenvalue weighted by atomic mass is 16.3. The lowest BCUT2D eigenvalue weighted by Gasteiger charge is -2.08. The van der Waals surface area contributed by atoms with E-state index in [1.165, 1.54) is 31.2 Å².